The summed E-state index contributed by atoms with van der Waals surface area (Å²) in [5, 5.41) is 14.0. The molecule has 1 aromatic heterocycles. The molecule has 2 aromatic rings. The van der Waals surface area contributed by atoms with Gasteiger partial charge in [0.05, 0.1) is 16.4 Å². The zero-order chi connectivity index (χ0) is 13.3. The Labute approximate surface area is 111 Å². The molecule has 0 aliphatic carbocycles. The van der Waals surface area contributed by atoms with Crippen molar-refractivity contribution in [3.63, 3.8) is 0 Å². The smallest absolute Gasteiger partial charge is 0.126 e. The number of aliphatic hydroxyl groups excluding tert-OH is 1. The SMILES string of the molecule is Cn1ncc(Br)c1C(O)Cc1cc(F)cc(F)c1. The number of halogens is 3. The van der Waals surface area contributed by atoms with Gasteiger partial charge in [0.2, 0.25) is 0 Å². The fourth-order valence-corrected chi connectivity index (χ4v) is 2.46. The number of hydrogen-bond donors (Lipinski definition) is 1. The number of rotatable bonds is 3. The summed E-state index contributed by atoms with van der Waals surface area (Å²) >= 11 is 3.27. The molecule has 0 fully saturated rings. The number of nitrogens with zero attached hydrogens (tertiary/aromatic N) is 2. The van der Waals surface area contributed by atoms with E-state index in [9.17, 15) is 13.9 Å². The monoisotopic (exact) mass is 316 g/mol. The minimum absolute atomic E-state index is 0.118. The highest BCUT2D eigenvalue weighted by atomic mass is 79.9. The van der Waals surface area contributed by atoms with Crippen molar-refractivity contribution in [1.29, 1.82) is 0 Å². The van der Waals surface area contributed by atoms with Crippen LogP contribution in [0.15, 0.2) is 28.9 Å². The maximum Gasteiger partial charge on any atom is 0.126 e. The second kappa shape index (κ2) is 5.16. The normalized spacial score (nSPS) is 12.7. The summed E-state index contributed by atoms with van der Waals surface area (Å²) in [4.78, 5) is 0. The van der Waals surface area contributed by atoms with Crippen molar-refractivity contribution in [3.05, 3.63) is 51.8 Å². The molecule has 0 saturated carbocycles. The van der Waals surface area contributed by atoms with Crippen molar-refractivity contribution in [3.8, 4) is 0 Å². The van der Waals surface area contributed by atoms with Gasteiger partial charge < -0.3 is 5.11 Å². The van der Waals surface area contributed by atoms with E-state index >= 15 is 0 Å². The molecule has 0 aliphatic heterocycles. The third-order valence-electron chi connectivity index (χ3n) is 2.60. The maximum absolute atomic E-state index is 13.0. The van der Waals surface area contributed by atoms with E-state index in [1.807, 2.05) is 0 Å². The van der Waals surface area contributed by atoms with Crippen LogP contribution in [-0.4, -0.2) is 14.9 Å². The summed E-state index contributed by atoms with van der Waals surface area (Å²) in [6, 6.07) is 3.21. The lowest BCUT2D eigenvalue weighted by molar-refractivity contribution is 0.167. The van der Waals surface area contributed by atoms with Crippen molar-refractivity contribution in [2.24, 2.45) is 7.05 Å². The Morgan fingerprint density at radius 1 is 1.33 bits per heavy atom. The van der Waals surface area contributed by atoms with Crippen LogP contribution in [0.2, 0.25) is 0 Å². The molecule has 0 bridgehead atoms. The first kappa shape index (κ1) is 13.2. The molecule has 18 heavy (non-hydrogen) atoms. The van der Waals surface area contributed by atoms with Gasteiger partial charge in [0.1, 0.15) is 17.7 Å². The highest BCUT2D eigenvalue weighted by Gasteiger charge is 2.17. The molecular formula is C12H11BrF2N2O. The van der Waals surface area contributed by atoms with Gasteiger partial charge in [-0.1, -0.05) is 0 Å². The lowest BCUT2D eigenvalue weighted by Crippen LogP contribution is -2.09. The molecular weight excluding hydrogens is 306 g/mol. The average Bonchev–Trinajstić information content (AvgIpc) is 2.56. The third kappa shape index (κ3) is 2.76. The van der Waals surface area contributed by atoms with Gasteiger partial charge in [0.15, 0.2) is 0 Å². The molecule has 2 rings (SSSR count). The molecule has 0 saturated heterocycles. The van der Waals surface area contributed by atoms with Crippen LogP contribution < -0.4 is 0 Å². The first-order valence-electron chi connectivity index (χ1n) is 5.28. The fraction of sp³-hybridized carbons (Fsp3) is 0.250. The van der Waals surface area contributed by atoms with Crippen LogP contribution in [0.25, 0.3) is 0 Å². The van der Waals surface area contributed by atoms with Gasteiger partial charge in [0, 0.05) is 19.5 Å². The number of hydrogen-bond acceptors (Lipinski definition) is 2. The summed E-state index contributed by atoms with van der Waals surface area (Å²) in [7, 11) is 1.69. The zero-order valence-corrected chi connectivity index (χ0v) is 11.2. The van der Waals surface area contributed by atoms with Crippen LogP contribution in [0.3, 0.4) is 0 Å². The topological polar surface area (TPSA) is 38.0 Å². The largest absolute Gasteiger partial charge is 0.386 e. The Kier molecular flexibility index (Phi) is 3.77. The third-order valence-corrected chi connectivity index (χ3v) is 3.22. The summed E-state index contributed by atoms with van der Waals surface area (Å²) in [6.45, 7) is 0. The van der Waals surface area contributed by atoms with E-state index in [-0.39, 0.29) is 6.42 Å². The minimum Gasteiger partial charge on any atom is -0.386 e. The van der Waals surface area contributed by atoms with E-state index in [4.69, 9.17) is 0 Å². The molecule has 1 atom stereocenters. The molecule has 1 aromatic carbocycles. The molecule has 1 heterocycles. The standard InChI is InChI=1S/C12H11BrF2N2O/c1-17-12(10(13)6-16-17)11(18)4-7-2-8(14)5-9(15)3-7/h2-3,5-6,11,18H,4H2,1H3. The number of aromatic nitrogens is 2. The van der Waals surface area contributed by atoms with Crippen LogP contribution >= 0.6 is 15.9 Å². The second-order valence-corrected chi connectivity index (χ2v) is 4.85. The maximum atomic E-state index is 13.0. The Morgan fingerprint density at radius 3 is 2.44 bits per heavy atom. The molecule has 0 aliphatic rings. The predicted molar refractivity (Wildman–Crippen MR) is 65.9 cm³/mol. The van der Waals surface area contributed by atoms with Crippen LogP contribution in [-0.2, 0) is 13.5 Å². The highest BCUT2D eigenvalue weighted by Crippen LogP contribution is 2.25. The molecule has 0 radical (unpaired) electrons. The van der Waals surface area contributed by atoms with Gasteiger partial charge in [-0.25, -0.2) is 8.78 Å². The average molecular weight is 317 g/mol. The molecule has 96 valence electrons. The van der Waals surface area contributed by atoms with Gasteiger partial charge in [0.25, 0.3) is 0 Å². The van der Waals surface area contributed by atoms with E-state index in [2.05, 4.69) is 21.0 Å². The first-order valence-corrected chi connectivity index (χ1v) is 6.07. The summed E-state index contributed by atoms with van der Waals surface area (Å²) in [5.74, 6) is -1.30. The Hall–Kier alpha value is -1.27. The van der Waals surface area contributed by atoms with Crippen LogP contribution in [0.4, 0.5) is 8.78 Å². The van der Waals surface area contributed by atoms with E-state index in [1.165, 1.54) is 16.8 Å². The molecule has 1 unspecified atom stereocenters. The van der Waals surface area contributed by atoms with Crippen molar-refractivity contribution >= 4 is 15.9 Å². The summed E-state index contributed by atoms with van der Waals surface area (Å²) < 4.78 is 28.2. The van der Waals surface area contributed by atoms with Crippen molar-refractivity contribution < 1.29 is 13.9 Å². The van der Waals surface area contributed by atoms with Gasteiger partial charge in [-0.15, -0.1) is 0 Å². The molecule has 1 N–H and O–H groups in total. The molecule has 6 heteroatoms. The molecule has 0 amide bonds. The van der Waals surface area contributed by atoms with Crippen molar-refractivity contribution in [1.82, 2.24) is 9.78 Å². The van der Waals surface area contributed by atoms with Crippen molar-refractivity contribution in [2.45, 2.75) is 12.5 Å². The quantitative estimate of drug-likeness (QED) is 0.945. The first-order chi connectivity index (χ1) is 8.47. The van der Waals surface area contributed by atoms with Crippen molar-refractivity contribution in [2.75, 3.05) is 0 Å². The molecule has 3 nitrogen and oxygen atoms in total. The van der Waals surface area contributed by atoms with Crippen LogP contribution in [0, 0.1) is 11.6 Å². The Morgan fingerprint density at radius 2 is 1.94 bits per heavy atom. The van der Waals surface area contributed by atoms with Gasteiger partial charge in [-0.05, 0) is 33.6 Å². The molecule has 0 spiro atoms. The number of aliphatic hydroxyl groups is 1. The summed E-state index contributed by atoms with van der Waals surface area (Å²) in [6.07, 6.45) is 0.797. The van der Waals surface area contributed by atoms with Gasteiger partial charge in [-0.3, -0.25) is 4.68 Å². The van der Waals surface area contributed by atoms with E-state index in [0.29, 0.717) is 15.7 Å². The Balaban J connectivity index is 2.24. The van der Waals surface area contributed by atoms with E-state index < -0.39 is 17.7 Å². The summed E-state index contributed by atoms with van der Waals surface area (Å²) in [5.41, 5.74) is 0.966. The van der Waals surface area contributed by atoms with E-state index in [0.717, 1.165) is 6.07 Å². The lowest BCUT2D eigenvalue weighted by Gasteiger charge is -2.12. The zero-order valence-electron chi connectivity index (χ0n) is 9.57. The van der Waals surface area contributed by atoms with Crippen LogP contribution in [0.1, 0.15) is 17.4 Å². The lowest BCUT2D eigenvalue weighted by atomic mass is 10.1. The Bertz CT molecular complexity index is 531. The van der Waals surface area contributed by atoms with Gasteiger partial charge >= 0.3 is 0 Å². The van der Waals surface area contributed by atoms with Gasteiger partial charge in [-0.2, -0.15) is 5.10 Å². The fourth-order valence-electron chi connectivity index (χ4n) is 1.84. The van der Waals surface area contributed by atoms with Crippen LogP contribution in [0.5, 0.6) is 0 Å². The minimum atomic E-state index is -0.881. The van der Waals surface area contributed by atoms with E-state index in [1.54, 1.807) is 13.2 Å². The second-order valence-electron chi connectivity index (χ2n) is 4.00. The number of aryl methyl sites for hydroxylation is 1. The highest BCUT2D eigenvalue weighted by molar-refractivity contribution is 9.10. The number of benzene rings is 1. The predicted octanol–water partition coefficient (Wildman–Crippen LogP) is 2.74.